The van der Waals surface area contributed by atoms with Crippen LogP contribution >= 0.6 is 0 Å². The number of fused-ring (bicyclic) bond motifs is 8. The zero-order chi connectivity index (χ0) is 15.4. The summed E-state index contributed by atoms with van der Waals surface area (Å²) in [5, 5.41) is 7.41. The van der Waals surface area contributed by atoms with Gasteiger partial charge in [0.05, 0.1) is 0 Å². The van der Waals surface area contributed by atoms with Crippen molar-refractivity contribution < 1.29 is 4.79 Å². The van der Waals surface area contributed by atoms with Crippen LogP contribution in [0.15, 0.2) is 60.7 Å². The van der Waals surface area contributed by atoms with E-state index in [1.807, 2.05) is 6.07 Å². The average molecular weight is 296 g/mol. The second-order valence-electron chi connectivity index (χ2n) is 6.39. The molecule has 4 aromatic rings. The van der Waals surface area contributed by atoms with Crippen LogP contribution in [0.1, 0.15) is 28.8 Å². The maximum Gasteiger partial charge on any atom is 0.163 e. The molecule has 0 aromatic heterocycles. The first-order chi connectivity index (χ1) is 11.3. The molecule has 0 N–H and O–H groups in total. The van der Waals surface area contributed by atoms with Crippen molar-refractivity contribution in [2.24, 2.45) is 0 Å². The number of hydrogen-bond donors (Lipinski definition) is 0. The van der Waals surface area contributed by atoms with Crippen molar-refractivity contribution in [1.82, 2.24) is 0 Å². The molecule has 0 aliphatic heterocycles. The summed E-state index contributed by atoms with van der Waals surface area (Å²) in [7, 11) is 0. The van der Waals surface area contributed by atoms with Crippen LogP contribution in [0.2, 0.25) is 0 Å². The van der Waals surface area contributed by atoms with Gasteiger partial charge >= 0.3 is 0 Å². The van der Waals surface area contributed by atoms with Crippen molar-refractivity contribution in [2.75, 3.05) is 0 Å². The number of benzene rings is 4. The molecule has 1 aliphatic rings. The SMILES string of the molecule is O=C1CCCc2c1c1ccccc1c1c2ccc2ccccc21. The topological polar surface area (TPSA) is 17.1 Å². The Morgan fingerprint density at radius 3 is 2.26 bits per heavy atom. The number of rotatable bonds is 0. The Bertz CT molecular complexity index is 1110. The van der Waals surface area contributed by atoms with Gasteiger partial charge in [-0.25, -0.2) is 0 Å². The molecule has 5 rings (SSSR count). The van der Waals surface area contributed by atoms with Gasteiger partial charge < -0.3 is 0 Å². The quantitative estimate of drug-likeness (QED) is 0.382. The van der Waals surface area contributed by atoms with Gasteiger partial charge in [-0.1, -0.05) is 60.7 Å². The summed E-state index contributed by atoms with van der Waals surface area (Å²) in [4.78, 5) is 12.6. The fourth-order valence-electron chi connectivity index (χ4n) is 4.16. The molecular formula is C22H16O. The van der Waals surface area contributed by atoms with Gasteiger partial charge in [-0.05, 0) is 50.7 Å². The Hall–Kier alpha value is -2.67. The fourth-order valence-corrected chi connectivity index (χ4v) is 4.16. The predicted molar refractivity (Wildman–Crippen MR) is 96.2 cm³/mol. The molecular weight excluding hydrogens is 280 g/mol. The summed E-state index contributed by atoms with van der Waals surface area (Å²) < 4.78 is 0. The van der Waals surface area contributed by atoms with E-state index in [0.29, 0.717) is 12.2 Å². The second-order valence-corrected chi connectivity index (χ2v) is 6.39. The Balaban J connectivity index is 2.13. The highest BCUT2D eigenvalue weighted by atomic mass is 16.1. The van der Waals surface area contributed by atoms with Crippen LogP contribution in [-0.4, -0.2) is 5.78 Å². The predicted octanol–water partition coefficient (Wildman–Crippen LogP) is 5.67. The fraction of sp³-hybridized carbons (Fsp3) is 0.136. The van der Waals surface area contributed by atoms with Gasteiger partial charge in [-0.15, -0.1) is 0 Å². The molecule has 0 amide bonds. The molecule has 0 saturated heterocycles. The smallest absolute Gasteiger partial charge is 0.163 e. The van der Waals surface area contributed by atoms with Crippen LogP contribution in [0.3, 0.4) is 0 Å². The average Bonchev–Trinajstić information content (AvgIpc) is 2.61. The lowest BCUT2D eigenvalue weighted by Crippen LogP contribution is -2.12. The highest BCUT2D eigenvalue weighted by molar-refractivity contribution is 6.26. The Kier molecular flexibility index (Phi) is 2.60. The molecule has 110 valence electrons. The summed E-state index contributed by atoms with van der Waals surface area (Å²) in [6.45, 7) is 0. The summed E-state index contributed by atoms with van der Waals surface area (Å²) >= 11 is 0. The first-order valence-corrected chi connectivity index (χ1v) is 8.23. The van der Waals surface area contributed by atoms with Gasteiger partial charge in [-0.3, -0.25) is 4.79 Å². The lowest BCUT2D eigenvalue weighted by molar-refractivity contribution is 0.0974. The monoisotopic (exact) mass is 296 g/mol. The van der Waals surface area contributed by atoms with E-state index in [9.17, 15) is 4.79 Å². The Labute approximate surface area is 134 Å². The van der Waals surface area contributed by atoms with Gasteiger partial charge in [0.25, 0.3) is 0 Å². The van der Waals surface area contributed by atoms with Crippen LogP contribution in [0.25, 0.3) is 32.3 Å². The standard InChI is InChI=1S/C22H16O/c23-20-11-5-10-18-19-13-12-14-6-1-2-7-15(14)21(19)16-8-3-4-9-17(16)22(18)20/h1-4,6-9,12-13H,5,10-11H2. The summed E-state index contributed by atoms with van der Waals surface area (Å²) in [5.41, 5.74) is 2.22. The van der Waals surface area contributed by atoms with Crippen molar-refractivity contribution in [1.29, 1.82) is 0 Å². The van der Waals surface area contributed by atoms with Crippen molar-refractivity contribution >= 4 is 38.1 Å². The number of ketones is 1. The minimum Gasteiger partial charge on any atom is -0.294 e. The van der Waals surface area contributed by atoms with Gasteiger partial charge in [0.15, 0.2) is 5.78 Å². The number of carbonyl (C=O) groups is 1. The summed E-state index contributed by atoms with van der Waals surface area (Å²) in [6.07, 6.45) is 2.64. The van der Waals surface area contributed by atoms with E-state index >= 15 is 0 Å². The van der Waals surface area contributed by atoms with Crippen LogP contribution in [0.4, 0.5) is 0 Å². The molecule has 1 nitrogen and oxygen atoms in total. The minimum atomic E-state index is 0.303. The molecule has 0 heterocycles. The highest BCUT2D eigenvalue weighted by Crippen LogP contribution is 2.39. The molecule has 4 aromatic carbocycles. The van der Waals surface area contributed by atoms with Crippen LogP contribution in [-0.2, 0) is 6.42 Å². The van der Waals surface area contributed by atoms with Gasteiger partial charge in [0, 0.05) is 12.0 Å². The second kappa shape index (κ2) is 4.66. The first-order valence-electron chi connectivity index (χ1n) is 8.23. The van der Waals surface area contributed by atoms with Crippen molar-refractivity contribution in [3.05, 3.63) is 71.8 Å². The summed E-state index contributed by atoms with van der Waals surface area (Å²) in [6, 6.07) is 21.3. The van der Waals surface area contributed by atoms with E-state index in [4.69, 9.17) is 0 Å². The number of Topliss-reactive ketones (excluding diaryl/α,β-unsaturated/α-hetero) is 1. The lowest BCUT2D eigenvalue weighted by atomic mass is 9.82. The van der Waals surface area contributed by atoms with Crippen LogP contribution in [0.5, 0.6) is 0 Å². The molecule has 1 aliphatic carbocycles. The highest BCUT2D eigenvalue weighted by Gasteiger charge is 2.23. The Morgan fingerprint density at radius 2 is 1.39 bits per heavy atom. The molecule has 0 unspecified atom stereocenters. The molecule has 0 bridgehead atoms. The third-order valence-electron chi connectivity index (χ3n) is 5.13. The van der Waals surface area contributed by atoms with Gasteiger partial charge in [-0.2, -0.15) is 0 Å². The van der Waals surface area contributed by atoms with Crippen molar-refractivity contribution in [3.63, 3.8) is 0 Å². The van der Waals surface area contributed by atoms with Crippen LogP contribution in [0, 0.1) is 0 Å². The van der Waals surface area contributed by atoms with Gasteiger partial charge in [0.1, 0.15) is 0 Å². The normalized spacial score (nSPS) is 14.5. The van der Waals surface area contributed by atoms with E-state index in [0.717, 1.165) is 23.8 Å². The van der Waals surface area contributed by atoms with E-state index in [1.54, 1.807) is 0 Å². The maximum atomic E-state index is 12.6. The first kappa shape index (κ1) is 12.8. The number of carbonyl (C=O) groups excluding carboxylic acids is 1. The zero-order valence-corrected chi connectivity index (χ0v) is 12.8. The Morgan fingerprint density at radius 1 is 0.652 bits per heavy atom. The molecule has 1 heteroatoms. The maximum absolute atomic E-state index is 12.6. The lowest BCUT2D eigenvalue weighted by Gasteiger charge is -2.21. The minimum absolute atomic E-state index is 0.303. The zero-order valence-electron chi connectivity index (χ0n) is 12.8. The van der Waals surface area contributed by atoms with E-state index < -0.39 is 0 Å². The molecule has 0 atom stereocenters. The van der Waals surface area contributed by atoms with Crippen molar-refractivity contribution in [2.45, 2.75) is 19.3 Å². The number of aryl methyl sites for hydroxylation is 1. The summed E-state index contributed by atoms with van der Waals surface area (Å²) in [5.74, 6) is 0.303. The molecule has 0 spiro atoms. The van der Waals surface area contributed by atoms with E-state index in [-0.39, 0.29) is 0 Å². The van der Waals surface area contributed by atoms with E-state index in [2.05, 4.69) is 54.6 Å². The third kappa shape index (κ3) is 1.71. The molecule has 0 fully saturated rings. The van der Waals surface area contributed by atoms with Crippen LogP contribution < -0.4 is 0 Å². The largest absolute Gasteiger partial charge is 0.294 e. The number of hydrogen-bond acceptors (Lipinski definition) is 1. The third-order valence-corrected chi connectivity index (χ3v) is 5.13. The molecule has 0 saturated carbocycles. The molecule has 23 heavy (non-hydrogen) atoms. The van der Waals surface area contributed by atoms with Crippen molar-refractivity contribution in [3.8, 4) is 0 Å². The molecule has 0 radical (unpaired) electrons. The van der Waals surface area contributed by atoms with E-state index in [1.165, 1.54) is 32.5 Å². The van der Waals surface area contributed by atoms with Gasteiger partial charge in [0.2, 0.25) is 0 Å².